The molecule has 3 amide bonds. The number of carbonyl (C=O) groups excluding carboxylic acids is 3. The first-order chi connectivity index (χ1) is 21.8. The third kappa shape index (κ3) is 4.57. The summed E-state index contributed by atoms with van der Waals surface area (Å²) in [7, 11) is 0. The Morgan fingerprint density at radius 2 is 1.69 bits per heavy atom. The van der Waals surface area contributed by atoms with Crippen molar-refractivity contribution in [2.75, 3.05) is 18.5 Å². The first kappa shape index (κ1) is 28.1. The van der Waals surface area contributed by atoms with E-state index in [0.717, 1.165) is 37.6 Å². The predicted octanol–water partition coefficient (Wildman–Crippen LogP) is 4.17. The summed E-state index contributed by atoms with van der Waals surface area (Å²) in [5, 5.41) is 15.1. The van der Waals surface area contributed by atoms with E-state index in [1.54, 1.807) is 23.9 Å². The van der Waals surface area contributed by atoms with Crippen molar-refractivity contribution in [2.45, 2.75) is 22.6 Å². The van der Waals surface area contributed by atoms with Crippen molar-refractivity contribution in [3.63, 3.8) is 0 Å². The van der Waals surface area contributed by atoms with E-state index in [4.69, 9.17) is 4.74 Å². The molecule has 8 rings (SSSR count). The van der Waals surface area contributed by atoms with Gasteiger partial charge in [-0.05, 0) is 64.8 Å². The number of likely N-dealkylation sites (tertiary alicyclic amines) is 1. The zero-order valence-corrected chi connectivity index (χ0v) is 25.3. The minimum absolute atomic E-state index is 0.00114. The van der Waals surface area contributed by atoms with Crippen molar-refractivity contribution in [1.82, 2.24) is 9.88 Å². The summed E-state index contributed by atoms with van der Waals surface area (Å²) in [6.07, 6.45) is 0.721. The number of thioether (sulfide) groups is 1. The van der Waals surface area contributed by atoms with Crippen LogP contribution in [0.15, 0.2) is 76.6 Å². The van der Waals surface area contributed by atoms with E-state index in [2.05, 4.69) is 10.3 Å². The molecule has 4 aromatic rings. The highest BCUT2D eigenvalue weighted by molar-refractivity contribution is 8.00. The number of aromatic nitrogens is 1. The van der Waals surface area contributed by atoms with Crippen molar-refractivity contribution < 1.29 is 29.0 Å². The van der Waals surface area contributed by atoms with Gasteiger partial charge in [-0.1, -0.05) is 53.8 Å². The van der Waals surface area contributed by atoms with Gasteiger partial charge in [-0.15, -0.1) is 11.8 Å². The quantitative estimate of drug-likeness (QED) is 0.255. The molecule has 10 nitrogen and oxygen atoms in total. The van der Waals surface area contributed by atoms with Crippen LogP contribution in [0.1, 0.15) is 22.8 Å². The van der Waals surface area contributed by atoms with Crippen LogP contribution in [0.3, 0.4) is 0 Å². The van der Waals surface area contributed by atoms with Gasteiger partial charge in [0, 0.05) is 21.7 Å². The van der Waals surface area contributed by atoms with Crippen LogP contribution >= 0.6 is 23.1 Å². The SMILES string of the molecule is O=C(O)CN1C(=O)C2C3CC(C2C1=O)C1C3Sc2[nH]c(=O)sc2[C@@H]1c1ccc(OCC(=O)Nc2ccc3ccccc3c2)cc1. The van der Waals surface area contributed by atoms with Crippen LogP contribution in [-0.4, -0.2) is 57.1 Å². The lowest BCUT2D eigenvalue weighted by atomic mass is 9.68. The second kappa shape index (κ2) is 10.6. The number of carboxylic acids is 1. The Kier molecular flexibility index (Phi) is 6.61. The van der Waals surface area contributed by atoms with Gasteiger partial charge in [0.2, 0.25) is 11.8 Å². The summed E-state index contributed by atoms with van der Waals surface area (Å²) in [5.74, 6) is -3.14. The summed E-state index contributed by atoms with van der Waals surface area (Å²) in [5.41, 5.74) is 1.64. The molecule has 0 spiro atoms. The molecule has 0 radical (unpaired) electrons. The van der Waals surface area contributed by atoms with Crippen LogP contribution in [-0.2, 0) is 19.2 Å². The average Bonchev–Trinajstić information content (AvgIpc) is 3.76. The van der Waals surface area contributed by atoms with E-state index >= 15 is 0 Å². The second-order valence-electron chi connectivity index (χ2n) is 12.1. The fourth-order valence-corrected chi connectivity index (χ4v) is 11.0. The van der Waals surface area contributed by atoms with E-state index in [0.29, 0.717) is 11.4 Å². The highest BCUT2D eigenvalue weighted by atomic mass is 32.2. The Labute approximate surface area is 264 Å². The Hall–Kier alpha value is -4.42. The number of fused-ring (bicyclic) bond motifs is 10. The van der Waals surface area contributed by atoms with E-state index in [9.17, 15) is 29.1 Å². The topological polar surface area (TPSA) is 146 Å². The van der Waals surface area contributed by atoms with E-state index in [1.807, 2.05) is 54.6 Å². The molecule has 4 aliphatic rings. The van der Waals surface area contributed by atoms with Crippen molar-refractivity contribution in [1.29, 1.82) is 0 Å². The fourth-order valence-electron chi connectivity index (χ4n) is 8.13. The van der Waals surface area contributed by atoms with Crippen LogP contribution in [0, 0.1) is 29.6 Å². The number of hydrogen-bond acceptors (Lipinski definition) is 8. The van der Waals surface area contributed by atoms with Crippen LogP contribution in [0.2, 0.25) is 0 Å². The largest absolute Gasteiger partial charge is 0.484 e. The Morgan fingerprint density at radius 3 is 2.44 bits per heavy atom. The molecule has 7 atom stereocenters. The summed E-state index contributed by atoms with van der Waals surface area (Å²) >= 11 is 2.75. The smallest absolute Gasteiger partial charge is 0.323 e. The average molecular weight is 642 g/mol. The fraction of sp³-hybridized carbons (Fsp3) is 0.303. The molecule has 3 N–H and O–H groups in total. The molecule has 2 saturated carbocycles. The molecule has 45 heavy (non-hydrogen) atoms. The molecule has 2 bridgehead atoms. The number of rotatable bonds is 7. The minimum Gasteiger partial charge on any atom is -0.484 e. The highest BCUT2D eigenvalue weighted by Crippen LogP contribution is 2.68. The van der Waals surface area contributed by atoms with E-state index < -0.39 is 24.3 Å². The van der Waals surface area contributed by atoms with Crippen molar-refractivity contribution in [3.05, 3.63) is 86.8 Å². The van der Waals surface area contributed by atoms with Gasteiger partial charge >= 0.3 is 10.8 Å². The zero-order valence-electron chi connectivity index (χ0n) is 23.7. The molecule has 1 saturated heterocycles. The maximum atomic E-state index is 13.4. The van der Waals surface area contributed by atoms with Gasteiger partial charge in [-0.25, -0.2) is 0 Å². The number of benzene rings is 3. The van der Waals surface area contributed by atoms with Crippen molar-refractivity contribution in [3.8, 4) is 5.75 Å². The third-order valence-corrected chi connectivity index (χ3v) is 12.3. The number of amides is 3. The molecule has 3 heterocycles. The van der Waals surface area contributed by atoms with Crippen LogP contribution in [0.5, 0.6) is 5.75 Å². The van der Waals surface area contributed by atoms with E-state index in [-0.39, 0.29) is 58.1 Å². The van der Waals surface area contributed by atoms with Crippen molar-refractivity contribution >= 4 is 63.2 Å². The second-order valence-corrected chi connectivity index (χ2v) is 14.3. The number of aliphatic carboxylic acids is 1. The molecule has 3 fully saturated rings. The van der Waals surface area contributed by atoms with Crippen molar-refractivity contribution in [2.24, 2.45) is 29.6 Å². The number of hydrogen-bond donors (Lipinski definition) is 3. The lowest BCUT2D eigenvalue weighted by molar-refractivity contribution is -0.149. The minimum atomic E-state index is -1.21. The number of nitrogens with one attached hydrogen (secondary N) is 2. The number of thiazole rings is 1. The van der Waals surface area contributed by atoms with Gasteiger partial charge < -0.3 is 20.1 Å². The highest BCUT2D eigenvalue weighted by Gasteiger charge is 2.69. The maximum absolute atomic E-state index is 13.4. The molecule has 3 aromatic carbocycles. The molecule has 6 unspecified atom stereocenters. The summed E-state index contributed by atoms with van der Waals surface area (Å²) in [6.45, 7) is -0.783. The van der Waals surface area contributed by atoms with Gasteiger partial charge in [-0.2, -0.15) is 0 Å². The third-order valence-electron chi connectivity index (χ3n) is 9.75. The van der Waals surface area contributed by atoms with Gasteiger partial charge in [-0.3, -0.25) is 28.9 Å². The lowest BCUT2D eigenvalue weighted by Crippen LogP contribution is -2.42. The number of anilines is 1. The standard InChI is InChI=1S/C33H27N3O7S2/c37-22(34-18-8-5-15-3-1-2-4-17(15)11-18)14-43-19-9-6-16(7-10-19)24-25-20-12-21(28(25)44-30-29(24)45-33(42)35-30)27-26(20)31(40)36(32(27)41)13-23(38)39/h1-11,20-21,24-28H,12-14H2,(H,34,37)(H,35,42)(H,38,39)/t20?,21?,24-,25?,26?,27?,28?/m1/s1. The Bertz CT molecular complexity index is 1950. The van der Waals surface area contributed by atoms with Crippen LogP contribution < -0.4 is 14.9 Å². The normalized spacial score (nSPS) is 27.7. The lowest BCUT2D eigenvalue weighted by Gasteiger charge is -2.43. The van der Waals surface area contributed by atoms with Gasteiger partial charge in [0.15, 0.2) is 6.61 Å². The first-order valence-electron chi connectivity index (χ1n) is 14.7. The Balaban J connectivity index is 1.02. The number of carboxylic acid groups (broad SMARTS) is 1. The summed E-state index contributed by atoms with van der Waals surface area (Å²) < 4.78 is 5.80. The summed E-state index contributed by atoms with van der Waals surface area (Å²) in [6, 6.07) is 21.1. The van der Waals surface area contributed by atoms with Crippen LogP contribution in [0.25, 0.3) is 10.8 Å². The monoisotopic (exact) mass is 641 g/mol. The number of carbonyl (C=O) groups is 4. The number of ether oxygens (including phenoxy) is 1. The number of aromatic amines is 1. The molecular weight excluding hydrogens is 615 g/mol. The molecular formula is C33H27N3O7S2. The number of H-pyrrole nitrogens is 1. The first-order valence-corrected chi connectivity index (χ1v) is 16.4. The maximum Gasteiger partial charge on any atom is 0.323 e. The van der Waals surface area contributed by atoms with Gasteiger partial charge in [0.1, 0.15) is 12.3 Å². The molecule has 2 aliphatic carbocycles. The number of nitrogens with zero attached hydrogens (tertiary/aromatic N) is 1. The molecule has 228 valence electrons. The van der Waals surface area contributed by atoms with Crippen LogP contribution in [0.4, 0.5) is 5.69 Å². The molecule has 1 aromatic heterocycles. The predicted molar refractivity (Wildman–Crippen MR) is 167 cm³/mol. The van der Waals surface area contributed by atoms with Gasteiger partial charge in [0.25, 0.3) is 5.91 Å². The molecule has 12 heteroatoms. The summed E-state index contributed by atoms with van der Waals surface area (Å²) in [4.78, 5) is 67.8. The number of imide groups is 1. The Morgan fingerprint density at radius 1 is 0.956 bits per heavy atom. The van der Waals surface area contributed by atoms with E-state index in [1.165, 1.54) is 11.3 Å². The van der Waals surface area contributed by atoms with Gasteiger partial charge in [0.05, 0.1) is 16.9 Å². The zero-order chi connectivity index (χ0) is 31.0. The molecule has 2 aliphatic heterocycles.